The normalized spacial score (nSPS) is 12.2. The van der Waals surface area contributed by atoms with Gasteiger partial charge in [-0.15, -0.1) is 0 Å². The summed E-state index contributed by atoms with van der Waals surface area (Å²) in [5, 5.41) is 24.1. The van der Waals surface area contributed by atoms with Gasteiger partial charge in [0.05, 0.1) is 19.5 Å². The van der Waals surface area contributed by atoms with Gasteiger partial charge in [-0.25, -0.2) is 4.79 Å². The SMILES string of the molecule is NCC(=O)N[C@@H](CCCN=C(N)N)C(=O)NCC(=O)N[C@@H](CC(=O)O)C(=O)O. The Hall–Kier alpha value is -3.42. The van der Waals surface area contributed by atoms with Gasteiger partial charge in [0, 0.05) is 6.54 Å². The first-order valence-electron chi connectivity index (χ1n) is 8.13. The Kier molecular flexibility index (Phi) is 11.3. The molecule has 14 nitrogen and oxygen atoms in total. The minimum absolute atomic E-state index is 0.127. The summed E-state index contributed by atoms with van der Waals surface area (Å²) in [5.41, 5.74) is 15.6. The molecule has 0 bridgehead atoms. The fraction of sp³-hybridized carbons (Fsp3) is 0.571. The Morgan fingerprint density at radius 1 is 0.964 bits per heavy atom. The molecule has 0 heterocycles. The van der Waals surface area contributed by atoms with E-state index in [0.717, 1.165) is 0 Å². The molecular weight excluding hydrogens is 378 g/mol. The van der Waals surface area contributed by atoms with Gasteiger partial charge in [-0.05, 0) is 12.8 Å². The van der Waals surface area contributed by atoms with Crippen LogP contribution in [0.1, 0.15) is 19.3 Å². The van der Waals surface area contributed by atoms with Gasteiger partial charge in [0.25, 0.3) is 0 Å². The lowest BCUT2D eigenvalue weighted by atomic mass is 10.1. The number of nitrogens with zero attached hydrogens (tertiary/aromatic N) is 1. The van der Waals surface area contributed by atoms with Crippen LogP contribution in [0.5, 0.6) is 0 Å². The van der Waals surface area contributed by atoms with Crippen molar-refractivity contribution in [1.29, 1.82) is 0 Å². The van der Waals surface area contributed by atoms with Gasteiger partial charge in [-0.2, -0.15) is 0 Å². The van der Waals surface area contributed by atoms with Gasteiger partial charge >= 0.3 is 11.9 Å². The first-order valence-corrected chi connectivity index (χ1v) is 8.13. The average Bonchev–Trinajstić information content (AvgIpc) is 2.60. The number of carboxylic acids is 2. The van der Waals surface area contributed by atoms with Crippen LogP contribution in [-0.2, 0) is 24.0 Å². The Labute approximate surface area is 159 Å². The average molecular weight is 403 g/mol. The third kappa shape index (κ3) is 11.2. The van der Waals surface area contributed by atoms with Gasteiger partial charge in [-0.1, -0.05) is 0 Å². The molecule has 0 aliphatic heterocycles. The van der Waals surface area contributed by atoms with E-state index in [-0.39, 0.29) is 25.5 Å². The number of carbonyl (C=O) groups excluding carboxylic acids is 3. The standard InChI is InChI=1S/C14H25N7O7/c15-5-9(22)20-7(2-1-3-18-14(16)17)12(26)19-6-10(23)21-8(13(27)28)4-11(24)25/h7-8H,1-6,15H2,(H,19,26)(H,20,22)(H,21,23)(H,24,25)(H,27,28)(H4,16,17,18)/t7-,8-/m0/s1. The Morgan fingerprint density at radius 3 is 2.07 bits per heavy atom. The van der Waals surface area contributed by atoms with Crippen LogP contribution in [-0.4, -0.2) is 77.6 Å². The number of amides is 3. The second-order valence-electron chi connectivity index (χ2n) is 5.55. The van der Waals surface area contributed by atoms with E-state index in [1.165, 1.54) is 0 Å². The molecule has 0 spiro atoms. The quantitative estimate of drug-likeness (QED) is 0.0832. The lowest BCUT2D eigenvalue weighted by molar-refractivity contribution is -0.147. The number of aliphatic carboxylic acids is 2. The molecule has 0 aliphatic carbocycles. The zero-order valence-electron chi connectivity index (χ0n) is 15.0. The number of carboxylic acid groups (broad SMARTS) is 2. The lowest BCUT2D eigenvalue weighted by Crippen LogP contribution is -2.51. The summed E-state index contributed by atoms with van der Waals surface area (Å²) in [6, 6.07) is -2.67. The molecule has 28 heavy (non-hydrogen) atoms. The predicted octanol–water partition coefficient (Wildman–Crippen LogP) is -4.36. The Bertz CT molecular complexity index is 619. The number of guanidine groups is 1. The molecule has 3 amide bonds. The number of nitrogens with one attached hydrogen (secondary N) is 3. The van der Waals surface area contributed by atoms with Crippen molar-refractivity contribution in [3.8, 4) is 0 Å². The molecule has 11 N–H and O–H groups in total. The minimum atomic E-state index is -1.64. The molecule has 0 fully saturated rings. The van der Waals surface area contributed by atoms with E-state index in [4.69, 9.17) is 27.4 Å². The molecule has 0 aromatic rings. The highest BCUT2D eigenvalue weighted by Gasteiger charge is 2.24. The van der Waals surface area contributed by atoms with Gasteiger partial charge in [0.2, 0.25) is 17.7 Å². The zero-order valence-corrected chi connectivity index (χ0v) is 15.0. The number of hydrogen-bond acceptors (Lipinski definition) is 7. The molecule has 0 aromatic carbocycles. The molecule has 0 aromatic heterocycles. The van der Waals surface area contributed by atoms with Crippen molar-refractivity contribution >= 4 is 35.6 Å². The van der Waals surface area contributed by atoms with Crippen molar-refractivity contribution in [1.82, 2.24) is 16.0 Å². The summed E-state index contributed by atoms with van der Waals surface area (Å²) < 4.78 is 0. The van der Waals surface area contributed by atoms with Crippen LogP contribution in [0, 0.1) is 0 Å². The Morgan fingerprint density at radius 2 is 1.57 bits per heavy atom. The number of hydrogen-bond donors (Lipinski definition) is 8. The van der Waals surface area contributed by atoms with E-state index in [2.05, 4.69) is 15.6 Å². The van der Waals surface area contributed by atoms with Gasteiger partial charge in [0.1, 0.15) is 12.1 Å². The van der Waals surface area contributed by atoms with Crippen LogP contribution in [0.4, 0.5) is 0 Å². The number of nitrogens with two attached hydrogens (primary N) is 3. The second-order valence-corrected chi connectivity index (χ2v) is 5.55. The number of carbonyl (C=O) groups is 5. The van der Waals surface area contributed by atoms with Crippen molar-refractivity contribution in [2.24, 2.45) is 22.2 Å². The summed E-state index contributed by atoms with van der Waals surface area (Å²) >= 11 is 0. The molecule has 0 radical (unpaired) electrons. The van der Waals surface area contributed by atoms with Crippen LogP contribution in [0.2, 0.25) is 0 Å². The fourth-order valence-corrected chi connectivity index (χ4v) is 1.94. The molecule has 0 aliphatic rings. The van der Waals surface area contributed by atoms with Gasteiger partial charge in [-0.3, -0.25) is 24.2 Å². The van der Waals surface area contributed by atoms with Crippen molar-refractivity contribution in [2.45, 2.75) is 31.3 Å². The van der Waals surface area contributed by atoms with E-state index in [9.17, 15) is 24.0 Å². The van der Waals surface area contributed by atoms with E-state index in [1.54, 1.807) is 0 Å². The summed E-state index contributed by atoms with van der Waals surface area (Å²) in [4.78, 5) is 60.6. The van der Waals surface area contributed by atoms with Crippen LogP contribution < -0.4 is 33.2 Å². The van der Waals surface area contributed by atoms with Crippen LogP contribution in [0.15, 0.2) is 4.99 Å². The lowest BCUT2D eigenvalue weighted by Gasteiger charge is -2.18. The molecule has 158 valence electrons. The van der Waals surface area contributed by atoms with E-state index >= 15 is 0 Å². The van der Waals surface area contributed by atoms with E-state index < -0.39 is 54.7 Å². The van der Waals surface area contributed by atoms with E-state index in [1.807, 2.05) is 5.32 Å². The third-order valence-corrected chi connectivity index (χ3v) is 3.22. The summed E-state index contributed by atoms with van der Waals surface area (Å²) in [5.74, 6) is -5.30. The van der Waals surface area contributed by atoms with E-state index in [0.29, 0.717) is 6.42 Å². The molecule has 0 rings (SSSR count). The van der Waals surface area contributed by atoms with Crippen LogP contribution in [0.3, 0.4) is 0 Å². The van der Waals surface area contributed by atoms with Crippen molar-refractivity contribution in [2.75, 3.05) is 19.6 Å². The van der Waals surface area contributed by atoms with Gasteiger partial charge < -0.3 is 43.4 Å². The molecule has 2 atom stereocenters. The Balaban J connectivity index is 4.70. The number of aliphatic imine (C=N–C) groups is 1. The highest BCUT2D eigenvalue weighted by atomic mass is 16.4. The van der Waals surface area contributed by atoms with Crippen LogP contribution in [0.25, 0.3) is 0 Å². The molecule has 0 saturated carbocycles. The third-order valence-electron chi connectivity index (χ3n) is 3.22. The predicted molar refractivity (Wildman–Crippen MR) is 95.7 cm³/mol. The highest BCUT2D eigenvalue weighted by Crippen LogP contribution is 1.99. The molecule has 0 saturated heterocycles. The molecule has 0 unspecified atom stereocenters. The topological polar surface area (TPSA) is 252 Å². The first kappa shape index (κ1) is 24.6. The summed E-state index contributed by atoms with van der Waals surface area (Å²) in [7, 11) is 0. The summed E-state index contributed by atoms with van der Waals surface area (Å²) in [6.45, 7) is -0.765. The largest absolute Gasteiger partial charge is 0.481 e. The maximum atomic E-state index is 12.2. The monoisotopic (exact) mass is 403 g/mol. The number of rotatable bonds is 13. The second kappa shape index (κ2) is 12.9. The maximum absolute atomic E-state index is 12.2. The zero-order chi connectivity index (χ0) is 21.7. The maximum Gasteiger partial charge on any atom is 0.326 e. The first-order chi connectivity index (χ1) is 13.1. The van der Waals surface area contributed by atoms with Crippen molar-refractivity contribution in [3.63, 3.8) is 0 Å². The van der Waals surface area contributed by atoms with Crippen molar-refractivity contribution in [3.05, 3.63) is 0 Å². The fourth-order valence-electron chi connectivity index (χ4n) is 1.94. The van der Waals surface area contributed by atoms with Crippen LogP contribution >= 0.6 is 0 Å². The van der Waals surface area contributed by atoms with Gasteiger partial charge in [0.15, 0.2) is 5.96 Å². The smallest absolute Gasteiger partial charge is 0.326 e. The molecular formula is C14H25N7O7. The minimum Gasteiger partial charge on any atom is -0.481 e. The van der Waals surface area contributed by atoms with Crippen molar-refractivity contribution < 1.29 is 34.2 Å². The summed E-state index contributed by atoms with van der Waals surface area (Å²) in [6.07, 6.45) is -0.339. The molecule has 14 heteroatoms. The highest BCUT2D eigenvalue weighted by molar-refractivity contribution is 5.92.